The highest BCUT2D eigenvalue weighted by atomic mass is 16.5. The van der Waals surface area contributed by atoms with Crippen molar-refractivity contribution in [3.63, 3.8) is 0 Å². The van der Waals surface area contributed by atoms with Crippen LogP contribution in [0.5, 0.6) is 0 Å². The molecule has 1 N–H and O–H groups in total. The van der Waals surface area contributed by atoms with Crippen LogP contribution in [0.1, 0.15) is 48.1 Å². The Morgan fingerprint density at radius 3 is 2.46 bits per heavy atom. The van der Waals surface area contributed by atoms with Crippen LogP contribution in [-0.2, 0) is 9.53 Å². The van der Waals surface area contributed by atoms with Crippen LogP contribution in [-0.4, -0.2) is 28.3 Å². The maximum atomic E-state index is 12.2. The molecule has 0 fully saturated rings. The predicted molar refractivity (Wildman–Crippen MR) is 92.1 cm³/mol. The van der Waals surface area contributed by atoms with Gasteiger partial charge in [0.15, 0.2) is 0 Å². The first kappa shape index (κ1) is 17.7. The molecule has 0 aliphatic heterocycles. The number of aromatic nitrogens is 2. The van der Waals surface area contributed by atoms with Gasteiger partial charge in [-0.1, -0.05) is 0 Å². The summed E-state index contributed by atoms with van der Waals surface area (Å²) in [6, 6.07) is 8.62. The summed E-state index contributed by atoms with van der Waals surface area (Å²) in [6.07, 6.45) is 0.321. The fourth-order valence-corrected chi connectivity index (χ4v) is 2.56. The highest BCUT2D eigenvalue weighted by Gasteiger charge is 2.14. The van der Waals surface area contributed by atoms with Gasteiger partial charge in [0.2, 0.25) is 5.91 Å². The molecule has 0 spiro atoms. The highest BCUT2D eigenvalue weighted by molar-refractivity contribution is 5.93. The van der Waals surface area contributed by atoms with Crippen LogP contribution in [0.25, 0.3) is 0 Å². The average Bonchev–Trinajstić information content (AvgIpc) is 2.87. The second-order valence-corrected chi connectivity index (χ2v) is 5.77. The lowest BCUT2D eigenvalue weighted by Crippen LogP contribution is -2.19. The zero-order valence-corrected chi connectivity index (χ0v) is 14.5. The fraction of sp³-hybridized carbons (Fsp3) is 0.389. The lowest BCUT2D eigenvalue weighted by Gasteiger charge is -2.14. The molecule has 24 heavy (non-hydrogen) atoms. The van der Waals surface area contributed by atoms with Gasteiger partial charge in [-0.15, -0.1) is 0 Å². The molecular weight excluding hydrogens is 306 g/mol. The number of benzene rings is 1. The molecule has 0 radical (unpaired) electrons. The van der Waals surface area contributed by atoms with Gasteiger partial charge in [0.1, 0.15) is 0 Å². The number of hydrogen-bond acceptors (Lipinski definition) is 4. The molecule has 1 heterocycles. The smallest absolute Gasteiger partial charge is 0.338 e. The van der Waals surface area contributed by atoms with Gasteiger partial charge in [-0.3, -0.25) is 9.48 Å². The molecule has 6 nitrogen and oxygen atoms in total. The van der Waals surface area contributed by atoms with E-state index in [0.717, 1.165) is 11.4 Å². The van der Waals surface area contributed by atoms with E-state index in [-0.39, 0.29) is 17.9 Å². The molecule has 1 aromatic heterocycles. The summed E-state index contributed by atoms with van der Waals surface area (Å²) in [5.74, 6) is -0.465. The Morgan fingerprint density at radius 1 is 1.25 bits per heavy atom. The first-order valence-electron chi connectivity index (χ1n) is 8.00. The van der Waals surface area contributed by atoms with Crippen molar-refractivity contribution in [3.8, 4) is 0 Å². The molecule has 0 saturated carbocycles. The molecular formula is C18H23N3O3. The summed E-state index contributed by atoms with van der Waals surface area (Å²) in [7, 11) is 0. The van der Waals surface area contributed by atoms with E-state index in [0.29, 0.717) is 24.3 Å². The van der Waals surface area contributed by atoms with Crippen LogP contribution in [0.4, 0.5) is 5.69 Å². The van der Waals surface area contributed by atoms with Gasteiger partial charge in [-0.05, 0) is 58.0 Å². The first-order chi connectivity index (χ1) is 11.4. The molecule has 2 rings (SSSR count). The van der Waals surface area contributed by atoms with E-state index < -0.39 is 0 Å². The normalized spacial score (nSPS) is 11.8. The Hall–Kier alpha value is -2.63. The van der Waals surface area contributed by atoms with Crippen LogP contribution < -0.4 is 5.32 Å². The number of nitrogens with zero attached hydrogens (tertiary/aromatic N) is 2. The Balaban J connectivity index is 1.94. The number of nitrogens with one attached hydrogen (secondary N) is 1. The topological polar surface area (TPSA) is 73.2 Å². The minimum absolute atomic E-state index is 0.0301. The van der Waals surface area contributed by atoms with Gasteiger partial charge in [-0.2, -0.15) is 5.10 Å². The Labute approximate surface area is 141 Å². The molecule has 0 bridgehead atoms. The Morgan fingerprint density at radius 2 is 1.92 bits per heavy atom. The monoisotopic (exact) mass is 329 g/mol. The van der Waals surface area contributed by atoms with E-state index >= 15 is 0 Å². The van der Waals surface area contributed by atoms with E-state index in [1.165, 1.54) is 0 Å². The van der Waals surface area contributed by atoms with Gasteiger partial charge in [0.25, 0.3) is 0 Å². The van der Waals surface area contributed by atoms with Gasteiger partial charge in [0.05, 0.1) is 23.9 Å². The van der Waals surface area contributed by atoms with Crippen LogP contribution in [0.2, 0.25) is 0 Å². The number of ether oxygens (including phenoxy) is 1. The van der Waals surface area contributed by atoms with Gasteiger partial charge < -0.3 is 10.1 Å². The van der Waals surface area contributed by atoms with Crippen molar-refractivity contribution >= 4 is 17.6 Å². The average molecular weight is 329 g/mol. The number of aryl methyl sites for hydroxylation is 2. The fourth-order valence-electron chi connectivity index (χ4n) is 2.56. The van der Waals surface area contributed by atoms with Gasteiger partial charge >= 0.3 is 5.97 Å². The lowest BCUT2D eigenvalue weighted by molar-refractivity contribution is -0.116. The largest absolute Gasteiger partial charge is 0.462 e. The number of carbonyl (C=O) groups is 2. The third-order valence-electron chi connectivity index (χ3n) is 3.62. The molecule has 128 valence electrons. The van der Waals surface area contributed by atoms with Crippen molar-refractivity contribution in [2.75, 3.05) is 11.9 Å². The van der Waals surface area contributed by atoms with Crippen LogP contribution in [0.3, 0.4) is 0 Å². The number of anilines is 1. The number of rotatable bonds is 6. The SMILES string of the molecule is CCOC(=O)c1ccc(NC(=O)C[C@@H](C)n2nc(C)cc2C)cc1. The molecule has 0 aliphatic carbocycles. The van der Waals surface area contributed by atoms with E-state index in [2.05, 4.69) is 10.4 Å². The van der Waals surface area contributed by atoms with Crippen molar-refractivity contribution in [3.05, 3.63) is 47.3 Å². The summed E-state index contributed by atoms with van der Waals surface area (Å²) >= 11 is 0. The van der Waals surface area contributed by atoms with Crippen molar-refractivity contribution in [1.82, 2.24) is 9.78 Å². The molecule has 0 aliphatic rings. The summed E-state index contributed by atoms with van der Waals surface area (Å²) in [6.45, 7) is 7.96. The molecule has 0 unspecified atom stereocenters. The van der Waals surface area contributed by atoms with Crippen molar-refractivity contribution in [1.29, 1.82) is 0 Å². The van der Waals surface area contributed by atoms with E-state index in [9.17, 15) is 9.59 Å². The van der Waals surface area contributed by atoms with E-state index in [1.807, 2.05) is 31.5 Å². The predicted octanol–water partition coefficient (Wildman–Crippen LogP) is 3.27. The number of carbonyl (C=O) groups excluding carboxylic acids is 2. The molecule has 2 aromatic rings. The number of amides is 1. The van der Waals surface area contributed by atoms with Crippen LogP contribution in [0, 0.1) is 13.8 Å². The Kier molecular flexibility index (Phi) is 5.73. The standard InChI is InChI=1S/C18H23N3O3/c1-5-24-18(23)15-6-8-16(9-7-15)19-17(22)11-14(4)21-13(3)10-12(2)20-21/h6-10,14H,5,11H2,1-4H3,(H,19,22)/t14-/m1/s1. The maximum Gasteiger partial charge on any atom is 0.338 e. The van der Waals surface area contributed by atoms with Crippen LogP contribution in [0.15, 0.2) is 30.3 Å². The number of hydrogen-bond donors (Lipinski definition) is 1. The van der Waals surface area contributed by atoms with E-state index in [4.69, 9.17) is 4.74 Å². The Bertz CT molecular complexity index is 720. The van der Waals surface area contributed by atoms with Crippen molar-refractivity contribution in [2.45, 2.75) is 40.2 Å². The summed E-state index contributed by atoms with van der Waals surface area (Å²) < 4.78 is 6.79. The summed E-state index contributed by atoms with van der Waals surface area (Å²) in [5.41, 5.74) is 3.08. The lowest BCUT2D eigenvalue weighted by atomic mass is 10.2. The number of esters is 1. The van der Waals surface area contributed by atoms with Gasteiger partial charge in [-0.25, -0.2) is 4.79 Å². The second-order valence-electron chi connectivity index (χ2n) is 5.77. The summed E-state index contributed by atoms with van der Waals surface area (Å²) in [4.78, 5) is 23.8. The van der Waals surface area contributed by atoms with Crippen LogP contribution >= 0.6 is 0 Å². The highest BCUT2D eigenvalue weighted by Crippen LogP contribution is 2.16. The first-order valence-corrected chi connectivity index (χ1v) is 8.00. The van der Waals surface area contributed by atoms with E-state index in [1.54, 1.807) is 31.2 Å². The maximum absolute atomic E-state index is 12.2. The molecule has 1 aromatic carbocycles. The minimum atomic E-state index is -0.367. The second kappa shape index (κ2) is 7.77. The third kappa shape index (κ3) is 4.44. The zero-order chi connectivity index (χ0) is 17.7. The van der Waals surface area contributed by atoms with Gasteiger partial charge in [0, 0.05) is 17.8 Å². The quantitative estimate of drug-likeness (QED) is 0.826. The third-order valence-corrected chi connectivity index (χ3v) is 3.62. The van der Waals surface area contributed by atoms with Crippen molar-refractivity contribution < 1.29 is 14.3 Å². The molecule has 1 atom stereocenters. The minimum Gasteiger partial charge on any atom is -0.462 e. The molecule has 6 heteroatoms. The molecule has 0 saturated heterocycles. The summed E-state index contributed by atoms with van der Waals surface area (Å²) in [5, 5.41) is 7.24. The zero-order valence-electron chi connectivity index (χ0n) is 14.5. The molecule has 1 amide bonds. The van der Waals surface area contributed by atoms with Crippen molar-refractivity contribution in [2.24, 2.45) is 0 Å².